The molecule has 13 heavy (non-hydrogen) atoms. The SMILES string of the molecule is Cc1c2occc2cc2cccn12. The van der Waals surface area contributed by atoms with Crippen molar-refractivity contribution < 1.29 is 4.42 Å². The van der Waals surface area contributed by atoms with Gasteiger partial charge in [0.25, 0.3) is 0 Å². The van der Waals surface area contributed by atoms with Crippen LogP contribution in [0.1, 0.15) is 5.69 Å². The van der Waals surface area contributed by atoms with E-state index < -0.39 is 0 Å². The summed E-state index contributed by atoms with van der Waals surface area (Å²) >= 11 is 0. The first kappa shape index (κ1) is 6.78. The highest BCUT2D eigenvalue weighted by Crippen LogP contribution is 2.22. The lowest BCUT2D eigenvalue weighted by Crippen LogP contribution is -1.88. The number of fused-ring (bicyclic) bond motifs is 2. The van der Waals surface area contributed by atoms with Crippen LogP contribution in [0, 0.1) is 6.92 Å². The predicted molar refractivity (Wildman–Crippen MR) is 51.9 cm³/mol. The van der Waals surface area contributed by atoms with Crippen molar-refractivity contribution in [3.8, 4) is 0 Å². The fourth-order valence-electron chi connectivity index (χ4n) is 1.81. The Morgan fingerprint density at radius 1 is 1.31 bits per heavy atom. The Balaban J connectivity index is 2.67. The first-order valence-electron chi connectivity index (χ1n) is 4.30. The summed E-state index contributed by atoms with van der Waals surface area (Å²) in [4.78, 5) is 0. The molecule has 0 saturated carbocycles. The van der Waals surface area contributed by atoms with E-state index in [-0.39, 0.29) is 0 Å². The summed E-state index contributed by atoms with van der Waals surface area (Å²) in [5.41, 5.74) is 3.35. The van der Waals surface area contributed by atoms with E-state index in [1.165, 1.54) is 10.9 Å². The van der Waals surface area contributed by atoms with Gasteiger partial charge >= 0.3 is 0 Å². The lowest BCUT2D eigenvalue weighted by atomic mass is 10.2. The number of furan rings is 1. The molecule has 0 aromatic carbocycles. The van der Waals surface area contributed by atoms with Crippen molar-refractivity contribution in [1.82, 2.24) is 4.40 Å². The van der Waals surface area contributed by atoms with Crippen LogP contribution < -0.4 is 0 Å². The van der Waals surface area contributed by atoms with Gasteiger partial charge in [0.15, 0.2) is 5.58 Å². The van der Waals surface area contributed by atoms with Crippen LogP contribution in [0.4, 0.5) is 0 Å². The molecule has 0 aliphatic heterocycles. The van der Waals surface area contributed by atoms with Gasteiger partial charge < -0.3 is 8.82 Å². The van der Waals surface area contributed by atoms with E-state index in [9.17, 15) is 0 Å². The molecule has 0 aliphatic carbocycles. The highest BCUT2D eigenvalue weighted by atomic mass is 16.3. The topological polar surface area (TPSA) is 17.6 Å². The number of pyridine rings is 1. The van der Waals surface area contributed by atoms with E-state index in [1.54, 1.807) is 6.26 Å². The van der Waals surface area contributed by atoms with Gasteiger partial charge in [-0.15, -0.1) is 0 Å². The van der Waals surface area contributed by atoms with Crippen LogP contribution in [-0.2, 0) is 0 Å². The summed E-state index contributed by atoms with van der Waals surface area (Å²) in [7, 11) is 0. The van der Waals surface area contributed by atoms with Crippen LogP contribution in [0.15, 0.2) is 41.1 Å². The standard InChI is InChI=1S/C11H9NO/c1-8-11-9(4-6-13-11)7-10-3-2-5-12(8)10/h2-7H,1H3. The molecule has 0 aliphatic rings. The van der Waals surface area contributed by atoms with Gasteiger partial charge in [-0.05, 0) is 31.2 Å². The summed E-state index contributed by atoms with van der Waals surface area (Å²) < 4.78 is 7.54. The molecule has 0 fully saturated rings. The Kier molecular flexibility index (Phi) is 1.13. The summed E-state index contributed by atoms with van der Waals surface area (Å²) in [5.74, 6) is 0. The van der Waals surface area contributed by atoms with E-state index in [1.807, 2.05) is 18.3 Å². The number of rotatable bonds is 0. The molecule has 0 radical (unpaired) electrons. The minimum atomic E-state index is 0.976. The highest BCUT2D eigenvalue weighted by molar-refractivity contribution is 5.83. The molecule has 0 unspecified atom stereocenters. The maximum absolute atomic E-state index is 5.41. The summed E-state index contributed by atoms with van der Waals surface area (Å²) in [5, 5.41) is 1.17. The van der Waals surface area contributed by atoms with Crippen LogP contribution in [0.2, 0.25) is 0 Å². The van der Waals surface area contributed by atoms with Gasteiger partial charge in [-0.2, -0.15) is 0 Å². The molecule has 3 rings (SSSR count). The van der Waals surface area contributed by atoms with Crippen molar-refractivity contribution in [2.24, 2.45) is 0 Å². The Morgan fingerprint density at radius 3 is 3.15 bits per heavy atom. The molecule has 2 heteroatoms. The lowest BCUT2D eigenvalue weighted by molar-refractivity contribution is 0.610. The molecule has 2 nitrogen and oxygen atoms in total. The minimum Gasteiger partial charge on any atom is -0.463 e. The van der Waals surface area contributed by atoms with Gasteiger partial charge in [0.1, 0.15) is 0 Å². The normalized spacial score (nSPS) is 11.5. The summed E-state index contributed by atoms with van der Waals surface area (Å²) in [6.45, 7) is 2.07. The fourth-order valence-corrected chi connectivity index (χ4v) is 1.81. The van der Waals surface area contributed by atoms with Gasteiger partial charge in [-0.3, -0.25) is 0 Å². The summed E-state index contributed by atoms with van der Waals surface area (Å²) in [6.07, 6.45) is 3.78. The predicted octanol–water partition coefficient (Wildman–Crippen LogP) is 2.99. The maximum atomic E-state index is 5.41. The van der Waals surface area contributed by atoms with E-state index in [0.29, 0.717) is 0 Å². The second-order valence-corrected chi connectivity index (χ2v) is 3.24. The number of hydrogen-bond donors (Lipinski definition) is 0. The highest BCUT2D eigenvalue weighted by Gasteiger charge is 2.04. The molecule has 0 N–H and O–H groups in total. The summed E-state index contributed by atoms with van der Waals surface area (Å²) in [6, 6.07) is 8.27. The van der Waals surface area contributed by atoms with Gasteiger partial charge in [0, 0.05) is 17.1 Å². The molecule has 0 bridgehead atoms. The van der Waals surface area contributed by atoms with E-state index in [2.05, 4.69) is 23.5 Å². The third-order valence-corrected chi connectivity index (χ3v) is 2.47. The molecule has 64 valence electrons. The first-order valence-corrected chi connectivity index (χ1v) is 4.30. The molecule has 3 aromatic rings. The minimum absolute atomic E-state index is 0.976. The number of nitrogens with zero attached hydrogens (tertiary/aromatic N) is 1. The van der Waals surface area contributed by atoms with Crippen molar-refractivity contribution in [1.29, 1.82) is 0 Å². The van der Waals surface area contributed by atoms with Crippen molar-refractivity contribution in [2.75, 3.05) is 0 Å². The van der Waals surface area contributed by atoms with Crippen molar-refractivity contribution in [2.45, 2.75) is 6.92 Å². The van der Waals surface area contributed by atoms with E-state index in [4.69, 9.17) is 4.42 Å². The van der Waals surface area contributed by atoms with Gasteiger partial charge in [0.05, 0.1) is 12.0 Å². The molecular weight excluding hydrogens is 162 g/mol. The van der Waals surface area contributed by atoms with E-state index in [0.717, 1.165) is 11.3 Å². The number of aryl methyl sites for hydroxylation is 1. The largest absolute Gasteiger partial charge is 0.463 e. The van der Waals surface area contributed by atoms with Gasteiger partial charge in [-0.25, -0.2) is 0 Å². The molecule has 3 aromatic heterocycles. The van der Waals surface area contributed by atoms with Crippen molar-refractivity contribution in [3.63, 3.8) is 0 Å². The number of hydrogen-bond acceptors (Lipinski definition) is 1. The first-order chi connectivity index (χ1) is 6.36. The van der Waals surface area contributed by atoms with Crippen molar-refractivity contribution >= 4 is 16.5 Å². The zero-order valence-electron chi connectivity index (χ0n) is 7.32. The van der Waals surface area contributed by atoms with Gasteiger partial charge in [-0.1, -0.05) is 0 Å². The van der Waals surface area contributed by atoms with Gasteiger partial charge in [0.2, 0.25) is 0 Å². The lowest BCUT2D eigenvalue weighted by Gasteiger charge is -2.00. The van der Waals surface area contributed by atoms with Crippen LogP contribution in [0.3, 0.4) is 0 Å². The molecular formula is C11H9NO. The Labute approximate surface area is 75.4 Å². The smallest absolute Gasteiger partial charge is 0.153 e. The zero-order valence-corrected chi connectivity index (χ0v) is 7.32. The monoisotopic (exact) mass is 171 g/mol. The molecule has 0 atom stereocenters. The third-order valence-electron chi connectivity index (χ3n) is 2.47. The molecule has 0 amide bonds. The molecule has 0 saturated heterocycles. The second kappa shape index (κ2) is 2.16. The molecule has 0 spiro atoms. The molecule has 3 heterocycles. The Bertz CT molecular complexity index is 525. The van der Waals surface area contributed by atoms with Crippen LogP contribution in [-0.4, -0.2) is 4.40 Å². The van der Waals surface area contributed by atoms with Crippen LogP contribution >= 0.6 is 0 Å². The Hall–Kier alpha value is -1.70. The average molecular weight is 171 g/mol. The van der Waals surface area contributed by atoms with Crippen molar-refractivity contribution in [3.05, 3.63) is 42.4 Å². The fraction of sp³-hybridized carbons (Fsp3) is 0.0909. The maximum Gasteiger partial charge on any atom is 0.153 e. The van der Waals surface area contributed by atoms with Crippen LogP contribution in [0.5, 0.6) is 0 Å². The number of aromatic nitrogens is 1. The Morgan fingerprint density at radius 2 is 2.23 bits per heavy atom. The quantitative estimate of drug-likeness (QED) is 0.508. The van der Waals surface area contributed by atoms with Crippen LogP contribution in [0.25, 0.3) is 16.5 Å². The third kappa shape index (κ3) is 0.773. The second-order valence-electron chi connectivity index (χ2n) is 3.24. The average Bonchev–Trinajstić information content (AvgIpc) is 2.71. The zero-order chi connectivity index (χ0) is 8.84. The van der Waals surface area contributed by atoms with E-state index >= 15 is 0 Å².